The first-order valence-corrected chi connectivity index (χ1v) is 24.5. The van der Waals surface area contributed by atoms with E-state index in [0.29, 0.717) is 13.0 Å². The van der Waals surface area contributed by atoms with Crippen LogP contribution in [-0.4, -0.2) is 97.5 Å². The second-order valence-corrected chi connectivity index (χ2v) is 17.0. The standard InChI is InChI=1S/C45H84O12S/c1-3-5-7-9-11-13-15-17-19-20-21-22-24-26-28-30-32-34-41(47)55-39(37-53-35-33-31-29-27-25-23-18-16-14-12-10-8-6-4-2)38-54-45-43(49)44(57-58(50,51)52)42(48)40(36-46)56-45/h8,10,14,16,39-40,42-46,48-49H,3-7,9,11-13,15,17-38H2,1-2H3,(H,50,51,52)/b10-8-,16-14-. The third-order valence-corrected chi connectivity index (χ3v) is 11.0. The first-order chi connectivity index (χ1) is 28.1. The fourth-order valence-electron chi connectivity index (χ4n) is 7.06. The minimum absolute atomic E-state index is 0.0323. The maximum Gasteiger partial charge on any atom is 0.397 e. The summed E-state index contributed by atoms with van der Waals surface area (Å²) in [7, 11) is -5.06. The van der Waals surface area contributed by atoms with Gasteiger partial charge in [-0.2, -0.15) is 8.42 Å². The largest absolute Gasteiger partial charge is 0.457 e. The van der Waals surface area contributed by atoms with Crippen LogP contribution in [0.1, 0.15) is 194 Å². The smallest absolute Gasteiger partial charge is 0.397 e. The number of rotatable bonds is 40. The number of aliphatic hydroxyl groups excluding tert-OH is 3. The highest BCUT2D eigenvalue weighted by Crippen LogP contribution is 2.26. The van der Waals surface area contributed by atoms with Crippen molar-refractivity contribution in [1.29, 1.82) is 0 Å². The molecule has 0 aromatic carbocycles. The van der Waals surface area contributed by atoms with Crippen molar-refractivity contribution in [3.05, 3.63) is 24.3 Å². The number of allylic oxidation sites excluding steroid dienone is 4. The lowest BCUT2D eigenvalue weighted by Gasteiger charge is -2.41. The average molecular weight is 849 g/mol. The van der Waals surface area contributed by atoms with E-state index in [1.165, 1.54) is 103 Å². The quantitative estimate of drug-likeness (QED) is 0.0199. The molecule has 1 aliphatic heterocycles. The van der Waals surface area contributed by atoms with E-state index in [0.717, 1.165) is 64.2 Å². The van der Waals surface area contributed by atoms with Crippen LogP contribution in [0.5, 0.6) is 0 Å². The summed E-state index contributed by atoms with van der Waals surface area (Å²) in [6, 6.07) is 0. The number of hydrogen-bond acceptors (Lipinski definition) is 11. The Labute approximate surface area is 352 Å². The molecule has 1 saturated heterocycles. The molecule has 342 valence electrons. The predicted octanol–water partition coefficient (Wildman–Crippen LogP) is 9.63. The Bertz CT molecular complexity index is 1120. The summed E-state index contributed by atoms with van der Waals surface area (Å²) < 4.78 is 59.0. The molecule has 0 radical (unpaired) electrons. The molecule has 0 bridgehead atoms. The Balaban J connectivity index is 2.41. The fourth-order valence-corrected chi connectivity index (χ4v) is 7.57. The van der Waals surface area contributed by atoms with Crippen molar-refractivity contribution in [2.75, 3.05) is 26.4 Å². The van der Waals surface area contributed by atoms with Gasteiger partial charge in [-0.3, -0.25) is 9.35 Å². The molecule has 0 aromatic heterocycles. The lowest BCUT2D eigenvalue weighted by Crippen LogP contribution is -2.60. The van der Waals surface area contributed by atoms with Crippen LogP contribution in [-0.2, 0) is 38.3 Å². The number of esters is 1. The third-order valence-electron chi connectivity index (χ3n) is 10.6. The highest BCUT2D eigenvalue weighted by molar-refractivity contribution is 7.80. The van der Waals surface area contributed by atoms with Crippen molar-refractivity contribution in [2.45, 2.75) is 230 Å². The SMILES string of the molecule is CCC/C=C\C/C=C\CCCCCCCCOCC(COC1OC(CO)C(O)C(OS(=O)(=O)O)C1O)OC(=O)CCCCCCCCCCCCCCCCCCC. The first-order valence-electron chi connectivity index (χ1n) is 23.1. The van der Waals surface area contributed by atoms with Gasteiger partial charge >= 0.3 is 16.4 Å². The lowest BCUT2D eigenvalue weighted by atomic mass is 9.99. The van der Waals surface area contributed by atoms with Crippen molar-refractivity contribution in [3.63, 3.8) is 0 Å². The van der Waals surface area contributed by atoms with Crippen LogP contribution in [0.15, 0.2) is 24.3 Å². The van der Waals surface area contributed by atoms with Crippen LogP contribution >= 0.6 is 0 Å². The fraction of sp³-hybridized carbons (Fsp3) is 0.889. The minimum atomic E-state index is -5.06. The molecule has 0 aromatic rings. The van der Waals surface area contributed by atoms with Crippen LogP contribution in [0, 0.1) is 0 Å². The van der Waals surface area contributed by atoms with Crippen molar-refractivity contribution in [1.82, 2.24) is 0 Å². The predicted molar refractivity (Wildman–Crippen MR) is 230 cm³/mol. The van der Waals surface area contributed by atoms with E-state index >= 15 is 0 Å². The summed E-state index contributed by atoms with van der Waals surface area (Å²) in [6.45, 7) is 3.92. The summed E-state index contributed by atoms with van der Waals surface area (Å²) in [5.74, 6) is -0.401. The Morgan fingerprint density at radius 2 is 1.17 bits per heavy atom. The van der Waals surface area contributed by atoms with Gasteiger partial charge in [-0.25, -0.2) is 4.18 Å². The summed E-state index contributed by atoms with van der Waals surface area (Å²) in [5.41, 5.74) is 0. The number of ether oxygens (including phenoxy) is 4. The molecule has 58 heavy (non-hydrogen) atoms. The second-order valence-electron chi connectivity index (χ2n) is 16.0. The van der Waals surface area contributed by atoms with Gasteiger partial charge in [0.1, 0.15) is 30.5 Å². The van der Waals surface area contributed by atoms with E-state index in [-0.39, 0.29) is 19.6 Å². The molecule has 1 rings (SSSR count). The number of carbonyl (C=O) groups is 1. The van der Waals surface area contributed by atoms with E-state index in [1.54, 1.807) is 0 Å². The molecular formula is C45H84O12S. The molecule has 6 atom stereocenters. The molecule has 4 N–H and O–H groups in total. The van der Waals surface area contributed by atoms with Crippen LogP contribution in [0.3, 0.4) is 0 Å². The zero-order valence-electron chi connectivity index (χ0n) is 36.4. The van der Waals surface area contributed by atoms with Gasteiger partial charge < -0.3 is 34.3 Å². The van der Waals surface area contributed by atoms with Crippen LogP contribution in [0.25, 0.3) is 0 Å². The summed E-state index contributed by atoms with van der Waals surface area (Å²) >= 11 is 0. The monoisotopic (exact) mass is 849 g/mol. The average Bonchev–Trinajstić information content (AvgIpc) is 3.19. The van der Waals surface area contributed by atoms with Crippen LogP contribution in [0.4, 0.5) is 0 Å². The van der Waals surface area contributed by atoms with E-state index in [9.17, 15) is 28.5 Å². The highest BCUT2D eigenvalue weighted by atomic mass is 32.3. The van der Waals surface area contributed by atoms with Gasteiger partial charge in [-0.15, -0.1) is 0 Å². The van der Waals surface area contributed by atoms with Gasteiger partial charge in [0.25, 0.3) is 0 Å². The van der Waals surface area contributed by atoms with E-state index < -0.39 is 59.8 Å². The molecule has 1 fully saturated rings. The molecule has 6 unspecified atom stereocenters. The van der Waals surface area contributed by atoms with Crippen LogP contribution < -0.4 is 0 Å². The topological polar surface area (TPSA) is 178 Å². The van der Waals surface area contributed by atoms with Crippen LogP contribution in [0.2, 0.25) is 0 Å². The Hall–Kier alpha value is -1.42. The molecular weight excluding hydrogens is 765 g/mol. The number of unbranched alkanes of at least 4 members (excludes halogenated alkanes) is 23. The maximum atomic E-state index is 12.8. The summed E-state index contributed by atoms with van der Waals surface area (Å²) in [4.78, 5) is 12.8. The zero-order chi connectivity index (χ0) is 42.5. The highest BCUT2D eigenvalue weighted by Gasteiger charge is 2.48. The Morgan fingerprint density at radius 1 is 0.655 bits per heavy atom. The zero-order valence-corrected chi connectivity index (χ0v) is 37.2. The molecule has 0 amide bonds. The third kappa shape index (κ3) is 30.6. The minimum Gasteiger partial charge on any atom is -0.457 e. The van der Waals surface area contributed by atoms with Gasteiger partial charge in [0.05, 0.1) is 19.8 Å². The normalized spacial score (nSPS) is 20.7. The van der Waals surface area contributed by atoms with E-state index in [2.05, 4.69) is 42.3 Å². The number of aliphatic hydroxyl groups is 3. The van der Waals surface area contributed by atoms with Crippen molar-refractivity contribution in [2.24, 2.45) is 0 Å². The van der Waals surface area contributed by atoms with E-state index in [4.69, 9.17) is 23.5 Å². The Morgan fingerprint density at radius 3 is 1.71 bits per heavy atom. The van der Waals surface area contributed by atoms with Gasteiger partial charge in [0.2, 0.25) is 0 Å². The second kappa shape index (κ2) is 37.4. The molecule has 1 aliphatic rings. The maximum absolute atomic E-state index is 12.8. The molecule has 12 nitrogen and oxygen atoms in total. The lowest BCUT2D eigenvalue weighted by molar-refractivity contribution is -0.301. The van der Waals surface area contributed by atoms with Gasteiger partial charge in [-0.05, 0) is 38.5 Å². The van der Waals surface area contributed by atoms with Crippen molar-refractivity contribution >= 4 is 16.4 Å². The first kappa shape index (κ1) is 54.6. The number of carbonyl (C=O) groups excluding carboxylic acids is 1. The van der Waals surface area contributed by atoms with E-state index in [1.807, 2.05) is 0 Å². The Kier molecular flexibility index (Phi) is 35.2. The van der Waals surface area contributed by atoms with Gasteiger partial charge in [-0.1, -0.05) is 173 Å². The molecule has 13 heteroatoms. The van der Waals surface area contributed by atoms with Gasteiger partial charge in [0.15, 0.2) is 6.29 Å². The summed E-state index contributed by atoms with van der Waals surface area (Å²) in [5, 5.41) is 30.7. The van der Waals surface area contributed by atoms with Gasteiger partial charge in [0, 0.05) is 13.0 Å². The molecule has 0 spiro atoms. The summed E-state index contributed by atoms with van der Waals surface area (Å²) in [6.07, 6.45) is 32.1. The van der Waals surface area contributed by atoms with Crippen molar-refractivity contribution in [3.8, 4) is 0 Å². The molecule has 0 saturated carbocycles. The molecule has 1 heterocycles. The number of hydrogen-bond donors (Lipinski definition) is 4. The van der Waals surface area contributed by atoms with Crippen molar-refractivity contribution < 1.29 is 56.2 Å². The molecule has 0 aliphatic carbocycles.